The van der Waals surface area contributed by atoms with Gasteiger partial charge in [0.05, 0.1) is 6.54 Å². The molecule has 1 aromatic heterocycles. The van der Waals surface area contributed by atoms with Crippen molar-refractivity contribution in [2.45, 2.75) is 20.4 Å². The van der Waals surface area contributed by atoms with Crippen LogP contribution in [0.3, 0.4) is 0 Å². The minimum Gasteiger partial charge on any atom is -0.345 e. The maximum absolute atomic E-state index is 11.7. The van der Waals surface area contributed by atoms with E-state index in [-0.39, 0.29) is 12.5 Å². The number of aryl methyl sites for hydroxylation is 2. The van der Waals surface area contributed by atoms with E-state index >= 15 is 0 Å². The highest BCUT2D eigenvalue weighted by molar-refractivity contribution is 5.94. The lowest BCUT2D eigenvalue weighted by atomic mass is 10.1. The average molecular weight is 231 g/mol. The number of nitrogens with zero attached hydrogens (tertiary/aromatic N) is 2. The number of benzene rings is 1. The second kappa shape index (κ2) is 4.78. The van der Waals surface area contributed by atoms with Gasteiger partial charge in [0.1, 0.15) is 0 Å². The Morgan fingerprint density at radius 1 is 1.29 bits per heavy atom. The van der Waals surface area contributed by atoms with Gasteiger partial charge in [-0.3, -0.25) is 4.79 Å². The molecule has 0 bridgehead atoms. The molecule has 0 aliphatic heterocycles. The van der Waals surface area contributed by atoms with Gasteiger partial charge >= 0.3 is 0 Å². The van der Waals surface area contributed by atoms with Crippen molar-refractivity contribution in [3.8, 4) is 0 Å². The van der Waals surface area contributed by atoms with Crippen LogP contribution in [0.25, 0.3) is 0 Å². The third-order valence-corrected chi connectivity index (χ3v) is 2.29. The van der Waals surface area contributed by atoms with Crippen LogP contribution in [-0.4, -0.2) is 16.0 Å². The quantitative estimate of drug-likeness (QED) is 0.871. The molecule has 0 spiro atoms. The van der Waals surface area contributed by atoms with Gasteiger partial charge in [0.25, 0.3) is 5.91 Å². The molecule has 5 heteroatoms. The maximum Gasteiger partial charge on any atom is 0.251 e. The first-order valence-corrected chi connectivity index (χ1v) is 5.29. The summed E-state index contributed by atoms with van der Waals surface area (Å²) in [5.41, 5.74) is 1.74. The molecule has 1 heterocycles. The third kappa shape index (κ3) is 2.90. The summed E-state index contributed by atoms with van der Waals surface area (Å²) in [5.74, 6) is 0.819. The van der Waals surface area contributed by atoms with E-state index in [9.17, 15) is 4.79 Å². The van der Waals surface area contributed by atoms with Crippen molar-refractivity contribution in [2.75, 3.05) is 0 Å². The minimum absolute atomic E-state index is 0.146. The molecule has 1 amide bonds. The largest absolute Gasteiger partial charge is 0.345 e. The van der Waals surface area contributed by atoms with Crippen LogP contribution in [0.15, 0.2) is 28.8 Å². The summed E-state index contributed by atoms with van der Waals surface area (Å²) < 4.78 is 4.81. The summed E-state index contributed by atoms with van der Waals surface area (Å²) in [4.78, 5) is 15.7. The van der Waals surface area contributed by atoms with Gasteiger partial charge in [0, 0.05) is 12.5 Å². The third-order valence-electron chi connectivity index (χ3n) is 2.29. The topological polar surface area (TPSA) is 68.0 Å². The standard InChI is InChI=1S/C12H13N3O2/c1-8-3-5-10(6-4-8)12(16)13-7-11-14-9(2)17-15-11/h3-6H,7H2,1-2H3,(H,13,16). The highest BCUT2D eigenvalue weighted by atomic mass is 16.5. The summed E-state index contributed by atoms with van der Waals surface area (Å²) in [6.45, 7) is 3.95. The number of carbonyl (C=O) groups excluding carboxylic acids is 1. The van der Waals surface area contributed by atoms with Gasteiger partial charge in [-0.1, -0.05) is 22.9 Å². The van der Waals surface area contributed by atoms with E-state index < -0.39 is 0 Å². The highest BCUT2D eigenvalue weighted by Gasteiger charge is 2.07. The molecule has 17 heavy (non-hydrogen) atoms. The first kappa shape index (κ1) is 11.3. The van der Waals surface area contributed by atoms with E-state index in [1.54, 1.807) is 19.1 Å². The fraction of sp³-hybridized carbons (Fsp3) is 0.250. The van der Waals surface area contributed by atoms with Crippen LogP contribution in [0.2, 0.25) is 0 Å². The molecule has 0 fully saturated rings. The lowest BCUT2D eigenvalue weighted by molar-refractivity contribution is 0.0949. The van der Waals surface area contributed by atoms with Gasteiger partial charge in [0.2, 0.25) is 5.89 Å². The van der Waals surface area contributed by atoms with E-state index in [1.165, 1.54) is 0 Å². The molecular formula is C12H13N3O2. The Kier molecular flexibility index (Phi) is 3.18. The molecule has 2 aromatic rings. The van der Waals surface area contributed by atoms with Crippen molar-refractivity contribution < 1.29 is 9.32 Å². The molecule has 88 valence electrons. The predicted molar refractivity (Wildman–Crippen MR) is 61.4 cm³/mol. The molecule has 0 aliphatic carbocycles. The number of nitrogens with one attached hydrogen (secondary N) is 1. The zero-order valence-electron chi connectivity index (χ0n) is 9.73. The van der Waals surface area contributed by atoms with Gasteiger partial charge in [-0.2, -0.15) is 4.98 Å². The van der Waals surface area contributed by atoms with Crippen LogP contribution >= 0.6 is 0 Å². The number of hydrogen-bond acceptors (Lipinski definition) is 4. The Balaban J connectivity index is 1.95. The first-order chi connectivity index (χ1) is 8.15. The molecule has 5 nitrogen and oxygen atoms in total. The first-order valence-electron chi connectivity index (χ1n) is 5.29. The van der Waals surface area contributed by atoms with E-state index in [0.717, 1.165) is 5.56 Å². The molecule has 0 atom stereocenters. The lowest BCUT2D eigenvalue weighted by Gasteiger charge is -2.02. The molecule has 0 unspecified atom stereocenters. The number of hydrogen-bond donors (Lipinski definition) is 1. The normalized spacial score (nSPS) is 10.2. The Bertz CT molecular complexity index is 517. The fourth-order valence-electron chi connectivity index (χ4n) is 1.38. The molecule has 0 aliphatic rings. The van der Waals surface area contributed by atoms with E-state index in [1.807, 2.05) is 19.1 Å². The minimum atomic E-state index is -0.146. The lowest BCUT2D eigenvalue weighted by Crippen LogP contribution is -2.23. The monoisotopic (exact) mass is 231 g/mol. The molecule has 0 radical (unpaired) electrons. The maximum atomic E-state index is 11.7. The molecule has 2 rings (SSSR count). The van der Waals surface area contributed by atoms with Gasteiger partial charge in [-0.15, -0.1) is 0 Å². The second-order valence-electron chi connectivity index (χ2n) is 3.78. The van der Waals surface area contributed by atoms with Gasteiger partial charge in [-0.05, 0) is 19.1 Å². The van der Waals surface area contributed by atoms with Crippen molar-refractivity contribution in [3.63, 3.8) is 0 Å². The number of amides is 1. The van der Waals surface area contributed by atoms with Gasteiger partial charge < -0.3 is 9.84 Å². The van der Waals surface area contributed by atoms with Gasteiger partial charge in [-0.25, -0.2) is 0 Å². The molecule has 0 saturated carbocycles. The number of aromatic nitrogens is 2. The Morgan fingerprint density at radius 3 is 2.59 bits per heavy atom. The average Bonchev–Trinajstić information content (AvgIpc) is 2.73. The predicted octanol–water partition coefficient (Wildman–Crippen LogP) is 1.62. The van der Waals surface area contributed by atoms with Crippen LogP contribution in [0.1, 0.15) is 27.6 Å². The number of carbonyl (C=O) groups is 1. The highest BCUT2D eigenvalue weighted by Crippen LogP contribution is 2.03. The second-order valence-corrected chi connectivity index (χ2v) is 3.78. The van der Waals surface area contributed by atoms with Crippen molar-refractivity contribution in [3.05, 3.63) is 47.1 Å². The van der Waals surface area contributed by atoms with Crippen molar-refractivity contribution in [2.24, 2.45) is 0 Å². The van der Waals surface area contributed by atoms with E-state index in [0.29, 0.717) is 17.3 Å². The Morgan fingerprint density at radius 2 is 2.00 bits per heavy atom. The zero-order valence-corrected chi connectivity index (χ0v) is 9.73. The zero-order chi connectivity index (χ0) is 12.3. The van der Waals surface area contributed by atoms with Crippen LogP contribution in [0.4, 0.5) is 0 Å². The van der Waals surface area contributed by atoms with Crippen molar-refractivity contribution >= 4 is 5.91 Å². The van der Waals surface area contributed by atoms with Crippen LogP contribution in [0, 0.1) is 13.8 Å². The van der Waals surface area contributed by atoms with Crippen molar-refractivity contribution in [1.29, 1.82) is 0 Å². The molecule has 0 saturated heterocycles. The Labute approximate surface area is 98.8 Å². The molecule has 1 N–H and O–H groups in total. The Hall–Kier alpha value is -2.17. The summed E-state index contributed by atoms with van der Waals surface area (Å²) >= 11 is 0. The summed E-state index contributed by atoms with van der Waals surface area (Å²) in [5, 5.41) is 6.42. The number of rotatable bonds is 3. The van der Waals surface area contributed by atoms with Crippen LogP contribution < -0.4 is 5.32 Å². The summed E-state index contributed by atoms with van der Waals surface area (Å²) in [6, 6.07) is 7.36. The summed E-state index contributed by atoms with van der Waals surface area (Å²) in [6.07, 6.45) is 0. The van der Waals surface area contributed by atoms with E-state index in [2.05, 4.69) is 15.5 Å². The van der Waals surface area contributed by atoms with Crippen molar-refractivity contribution in [1.82, 2.24) is 15.5 Å². The summed E-state index contributed by atoms with van der Waals surface area (Å²) in [7, 11) is 0. The van der Waals surface area contributed by atoms with Crippen LogP contribution in [-0.2, 0) is 6.54 Å². The molecule has 1 aromatic carbocycles. The smallest absolute Gasteiger partial charge is 0.251 e. The fourth-order valence-corrected chi connectivity index (χ4v) is 1.38. The van der Waals surface area contributed by atoms with Crippen LogP contribution in [0.5, 0.6) is 0 Å². The molecular weight excluding hydrogens is 218 g/mol. The van der Waals surface area contributed by atoms with Gasteiger partial charge in [0.15, 0.2) is 5.82 Å². The van der Waals surface area contributed by atoms with E-state index in [4.69, 9.17) is 4.52 Å². The SMILES string of the molecule is Cc1ccc(C(=O)NCc2noc(C)n2)cc1.